The summed E-state index contributed by atoms with van der Waals surface area (Å²) in [7, 11) is 0. The van der Waals surface area contributed by atoms with Crippen LogP contribution in [0.25, 0.3) is 0 Å². The van der Waals surface area contributed by atoms with Gasteiger partial charge in [-0.1, -0.05) is 59.6 Å². The molecule has 0 radical (unpaired) electrons. The van der Waals surface area contributed by atoms with Crippen molar-refractivity contribution in [3.8, 4) is 0 Å². The molecular weight excluding hydrogens is 270 g/mol. The second-order valence-electron chi connectivity index (χ2n) is 4.97. The third kappa shape index (κ3) is 3.84. The first-order valence-electron chi connectivity index (χ1n) is 6.65. The minimum Gasteiger partial charge on any atom is -0.349 e. The number of carbonyl (C=O) groups is 1. The van der Waals surface area contributed by atoms with Gasteiger partial charge < -0.3 is 5.32 Å². The second kappa shape index (κ2) is 6.58. The molecule has 1 N–H and O–H groups in total. The summed E-state index contributed by atoms with van der Waals surface area (Å²) in [5.74, 6) is -0.0221. The fourth-order valence-corrected chi connectivity index (χ4v) is 2.25. The molecule has 104 valence electrons. The van der Waals surface area contributed by atoms with Gasteiger partial charge in [0.15, 0.2) is 0 Å². The van der Waals surface area contributed by atoms with Gasteiger partial charge >= 0.3 is 0 Å². The Morgan fingerprint density at radius 3 is 2.45 bits per heavy atom. The quantitative estimate of drug-likeness (QED) is 0.902. The third-order valence-corrected chi connectivity index (χ3v) is 3.63. The van der Waals surface area contributed by atoms with Crippen LogP contribution in [0.15, 0.2) is 48.5 Å². The number of carbonyl (C=O) groups excluding carboxylic acids is 1. The maximum atomic E-state index is 12.0. The number of amides is 1. The van der Waals surface area contributed by atoms with Gasteiger partial charge in [-0.2, -0.15) is 0 Å². The second-order valence-corrected chi connectivity index (χ2v) is 5.38. The summed E-state index contributed by atoms with van der Waals surface area (Å²) in [5, 5.41) is 3.62. The molecule has 0 aliphatic heterocycles. The zero-order chi connectivity index (χ0) is 14.5. The van der Waals surface area contributed by atoms with E-state index in [1.54, 1.807) is 6.07 Å². The number of halogens is 1. The Kier molecular flexibility index (Phi) is 4.80. The van der Waals surface area contributed by atoms with Crippen molar-refractivity contribution < 1.29 is 4.79 Å². The predicted molar refractivity (Wildman–Crippen MR) is 82.9 cm³/mol. The van der Waals surface area contributed by atoms with Crippen LogP contribution in [0.1, 0.15) is 29.7 Å². The zero-order valence-corrected chi connectivity index (χ0v) is 12.4. The zero-order valence-electron chi connectivity index (χ0n) is 11.7. The summed E-state index contributed by atoms with van der Waals surface area (Å²) >= 11 is 6.06. The summed E-state index contributed by atoms with van der Waals surface area (Å²) < 4.78 is 0. The predicted octanol–water partition coefficient (Wildman–Crippen LogP) is 4.07. The molecular formula is C17H18ClNO. The summed E-state index contributed by atoms with van der Waals surface area (Å²) in [4.78, 5) is 12.0. The molecule has 20 heavy (non-hydrogen) atoms. The average Bonchev–Trinajstić information content (AvgIpc) is 2.42. The molecule has 2 nitrogen and oxygen atoms in total. The first-order valence-corrected chi connectivity index (χ1v) is 7.03. The molecule has 0 aliphatic rings. The lowest BCUT2D eigenvalue weighted by Crippen LogP contribution is -2.28. The monoisotopic (exact) mass is 287 g/mol. The highest BCUT2D eigenvalue weighted by atomic mass is 35.5. The van der Waals surface area contributed by atoms with E-state index >= 15 is 0 Å². The minimum atomic E-state index is -0.0221. The van der Waals surface area contributed by atoms with Crippen molar-refractivity contribution in [2.45, 2.75) is 26.3 Å². The molecule has 0 aromatic heterocycles. The van der Waals surface area contributed by atoms with Gasteiger partial charge in [0.1, 0.15) is 0 Å². The smallest absolute Gasteiger partial charge is 0.224 e. The van der Waals surface area contributed by atoms with Crippen molar-refractivity contribution in [2.24, 2.45) is 0 Å². The van der Waals surface area contributed by atoms with Gasteiger partial charge in [-0.3, -0.25) is 4.79 Å². The molecule has 3 heteroatoms. The number of aryl methyl sites for hydroxylation is 1. The molecule has 0 spiro atoms. The van der Waals surface area contributed by atoms with E-state index in [4.69, 9.17) is 11.6 Å². The van der Waals surface area contributed by atoms with E-state index in [2.05, 4.69) is 5.32 Å². The van der Waals surface area contributed by atoms with Gasteiger partial charge in [-0.15, -0.1) is 0 Å². The molecule has 0 saturated heterocycles. The lowest BCUT2D eigenvalue weighted by molar-refractivity contribution is -0.121. The van der Waals surface area contributed by atoms with Crippen molar-refractivity contribution in [3.05, 3.63) is 70.2 Å². The lowest BCUT2D eigenvalue weighted by Gasteiger charge is -2.15. The van der Waals surface area contributed by atoms with Gasteiger partial charge in [-0.05, 0) is 31.0 Å². The molecule has 1 atom stereocenters. The molecule has 0 aliphatic carbocycles. The summed E-state index contributed by atoms with van der Waals surface area (Å²) in [6.45, 7) is 4.03. The van der Waals surface area contributed by atoms with Crippen molar-refractivity contribution in [1.82, 2.24) is 5.32 Å². The molecule has 2 aromatic carbocycles. The molecule has 0 fully saturated rings. The lowest BCUT2D eigenvalue weighted by atomic mass is 10.1. The molecule has 0 heterocycles. The molecule has 0 saturated carbocycles. The standard InChI is InChI=1S/C17H18ClNO/c1-12-7-9-14(10-8-12)13(2)19-17(20)11-15-5-3-4-6-16(15)18/h3-10,13H,11H2,1-2H3,(H,19,20). The molecule has 2 aromatic rings. The number of benzene rings is 2. The van der Waals surface area contributed by atoms with Crippen LogP contribution >= 0.6 is 11.6 Å². The SMILES string of the molecule is Cc1ccc(C(C)NC(=O)Cc2ccccc2Cl)cc1. The van der Waals surface area contributed by atoms with Gasteiger partial charge in [-0.25, -0.2) is 0 Å². The average molecular weight is 288 g/mol. The van der Waals surface area contributed by atoms with E-state index in [1.165, 1.54) is 5.56 Å². The highest BCUT2D eigenvalue weighted by Crippen LogP contribution is 2.17. The Bertz CT molecular complexity index is 592. The van der Waals surface area contributed by atoms with Gasteiger partial charge in [0.2, 0.25) is 5.91 Å². The van der Waals surface area contributed by atoms with Crippen LogP contribution in [-0.4, -0.2) is 5.91 Å². The Labute approximate surface area is 124 Å². The minimum absolute atomic E-state index is 0.00872. The van der Waals surface area contributed by atoms with Crippen molar-refractivity contribution >= 4 is 17.5 Å². The van der Waals surface area contributed by atoms with Crippen molar-refractivity contribution in [3.63, 3.8) is 0 Å². The number of nitrogens with one attached hydrogen (secondary N) is 1. The van der Waals surface area contributed by atoms with Crippen molar-refractivity contribution in [1.29, 1.82) is 0 Å². The molecule has 2 rings (SSSR count). The van der Waals surface area contributed by atoms with E-state index in [0.717, 1.165) is 11.1 Å². The van der Waals surface area contributed by atoms with Crippen LogP contribution in [0, 0.1) is 6.92 Å². The Balaban J connectivity index is 1.98. The van der Waals surface area contributed by atoms with Crippen LogP contribution in [0.4, 0.5) is 0 Å². The highest BCUT2D eigenvalue weighted by molar-refractivity contribution is 6.31. The fraction of sp³-hybridized carbons (Fsp3) is 0.235. The topological polar surface area (TPSA) is 29.1 Å². The van der Waals surface area contributed by atoms with Gasteiger partial charge in [0.25, 0.3) is 0 Å². The van der Waals surface area contributed by atoms with Gasteiger partial charge in [0, 0.05) is 5.02 Å². The summed E-state index contributed by atoms with van der Waals surface area (Å²) in [6, 6.07) is 15.6. The Hall–Kier alpha value is -1.80. The van der Waals surface area contributed by atoms with Crippen LogP contribution in [0.3, 0.4) is 0 Å². The first kappa shape index (κ1) is 14.6. The Morgan fingerprint density at radius 2 is 1.80 bits per heavy atom. The van der Waals surface area contributed by atoms with E-state index in [-0.39, 0.29) is 11.9 Å². The molecule has 1 unspecified atom stereocenters. The van der Waals surface area contributed by atoms with Crippen LogP contribution in [-0.2, 0) is 11.2 Å². The Morgan fingerprint density at radius 1 is 1.15 bits per heavy atom. The van der Waals surface area contributed by atoms with Crippen LogP contribution in [0.2, 0.25) is 5.02 Å². The fourth-order valence-electron chi connectivity index (χ4n) is 2.05. The maximum absolute atomic E-state index is 12.0. The van der Waals surface area contributed by atoms with E-state index in [0.29, 0.717) is 11.4 Å². The third-order valence-electron chi connectivity index (χ3n) is 3.26. The van der Waals surface area contributed by atoms with Gasteiger partial charge in [0.05, 0.1) is 12.5 Å². The van der Waals surface area contributed by atoms with Crippen LogP contribution in [0.5, 0.6) is 0 Å². The first-order chi connectivity index (χ1) is 9.56. The number of hydrogen-bond donors (Lipinski definition) is 1. The number of rotatable bonds is 4. The largest absolute Gasteiger partial charge is 0.349 e. The van der Waals surface area contributed by atoms with E-state index in [1.807, 2.05) is 56.3 Å². The normalized spacial score (nSPS) is 11.9. The maximum Gasteiger partial charge on any atom is 0.224 e. The summed E-state index contributed by atoms with van der Waals surface area (Å²) in [6.07, 6.45) is 0.301. The highest BCUT2D eigenvalue weighted by Gasteiger charge is 2.11. The van der Waals surface area contributed by atoms with Crippen LogP contribution < -0.4 is 5.32 Å². The molecule has 0 bridgehead atoms. The van der Waals surface area contributed by atoms with E-state index in [9.17, 15) is 4.79 Å². The van der Waals surface area contributed by atoms with Crippen molar-refractivity contribution in [2.75, 3.05) is 0 Å². The summed E-state index contributed by atoms with van der Waals surface area (Å²) in [5.41, 5.74) is 3.16. The van der Waals surface area contributed by atoms with E-state index < -0.39 is 0 Å². The number of hydrogen-bond acceptors (Lipinski definition) is 1. The molecule has 1 amide bonds.